The van der Waals surface area contributed by atoms with Crippen molar-refractivity contribution in [2.75, 3.05) is 7.11 Å². The Bertz CT molecular complexity index is 442. The Morgan fingerprint density at radius 3 is 2.30 bits per heavy atom. The van der Waals surface area contributed by atoms with Gasteiger partial charge < -0.3 is 9.64 Å². The minimum atomic E-state index is -0.334. The van der Waals surface area contributed by atoms with Gasteiger partial charge >= 0.3 is 0 Å². The number of hydrogen-bond donors (Lipinski definition) is 0. The Labute approximate surface area is 122 Å². The molecule has 0 aromatic heterocycles. The van der Waals surface area contributed by atoms with Gasteiger partial charge in [-0.2, -0.15) is 0 Å². The van der Waals surface area contributed by atoms with Gasteiger partial charge in [0.2, 0.25) is 0 Å². The average molecular weight is 275 g/mol. The summed E-state index contributed by atoms with van der Waals surface area (Å²) in [6.07, 6.45) is 9.03. The minimum absolute atomic E-state index is 0.155. The molecule has 0 N–H and O–H groups in total. The number of rotatable bonds is 8. The van der Waals surface area contributed by atoms with Gasteiger partial charge in [0, 0.05) is 11.2 Å². The van der Waals surface area contributed by atoms with E-state index in [1.165, 1.54) is 6.08 Å². The fourth-order valence-electron chi connectivity index (χ4n) is 1.60. The normalized spacial score (nSPS) is 12.1. The second-order valence-electron chi connectivity index (χ2n) is 4.87. The van der Waals surface area contributed by atoms with E-state index in [-0.39, 0.29) is 11.4 Å². The fourth-order valence-corrected chi connectivity index (χ4v) is 1.60. The highest BCUT2D eigenvalue weighted by atomic mass is 16.5. The van der Waals surface area contributed by atoms with Crippen LogP contribution < -0.4 is 0 Å². The molecule has 1 amide bonds. The van der Waals surface area contributed by atoms with Crippen molar-refractivity contribution in [3.8, 4) is 0 Å². The maximum Gasteiger partial charge on any atom is 0.250 e. The fraction of sp³-hybridized carbons (Fsp3) is 0.353. The molecule has 0 aliphatic carbocycles. The van der Waals surface area contributed by atoms with E-state index in [1.54, 1.807) is 36.3 Å². The Morgan fingerprint density at radius 2 is 1.90 bits per heavy atom. The monoisotopic (exact) mass is 275 g/mol. The van der Waals surface area contributed by atoms with Gasteiger partial charge in [-0.15, -0.1) is 0 Å². The van der Waals surface area contributed by atoms with Crippen molar-refractivity contribution in [2.45, 2.75) is 32.7 Å². The van der Waals surface area contributed by atoms with E-state index in [0.29, 0.717) is 5.76 Å². The van der Waals surface area contributed by atoms with Crippen LogP contribution in [0.15, 0.2) is 61.6 Å². The number of hydrogen-bond acceptors (Lipinski definition) is 2. The molecule has 0 aromatic rings. The van der Waals surface area contributed by atoms with Crippen molar-refractivity contribution >= 4 is 5.91 Å². The summed E-state index contributed by atoms with van der Waals surface area (Å²) in [4.78, 5) is 13.9. The largest absolute Gasteiger partial charge is 0.497 e. The third-order valence-electron chi connectivity index (χ3n) is 3.11. The lowest BCUT2D eigenvalue weighted by molar-refractivity contribution is -0.128. The third-order valence-corrected chi connectivity index (χ3v) is 3.11. The summed E-state index contributed by atoms with van der Waals surface area (Å²) in [5.74, 6) is 0.359. The first-order valence-corrected chi connectivity index (χ1v) is 6.54. The van der Waals surface area contributed by atoms with E-state index in [1.807, 2.05) is 20.8 Å². The number of carbonyl (C=O) groups excluding carboxylic acids is 1. The van der Waals surface area contributed by atoms with Crippen LogP contribution >= 0.6 is 0 Å². The van der Waals surface area contributed by atoms with Crippen LogP contribution in [-0.4, -0.2) is 23.5 Å². The van der Waals surface area contributed by atoms with Crippen LogP contribution in [0.5, 0.6) is 0 Å². The summed E-state index contributed by atoms with van der Waals surface area (Å²) < 4.78 is 5.00. The Hall–Kier alpha value is -2.03. The predicted octanol–water partition coefficient (Wildman–Crippen LogP) is 3.98. The van der Waals surface area contributed by atoms with Gasteiger partial charge in [0.25, 0.3) is 5.91 Å². The van der Waals surface area contributed by atoms with Crippen LogP contribution in [0.2, 0.25) is 0 Å². The van der Waals surface area contributed by atoms with Crippen molar-refractivity contribution in [1.82, 2.24) is 4.90 Å². The second-order valence-corrected chi connectivity index (χ2v) is 4.87. The topological polar surface area (TPSA) is 29.5 Å². The summed E-state index contributed by atoms with van der Waals surface area (Å²) in [5.41, 5.74) is 0.383. The first-order chi connectivity index (χ1) is 9.33. The molecule has 0 saturated heterocycles. The predicted molar refractivity (Wildman–Crippen MR) is 85.0 cm³/mol. The van der Waals surface area contributed by atoms with Crippen molar-refractivity contribution in [3.05, 3.63) is 61.6 Å². The van der Waals surface area contributed by atoms with Gasteiger partial charge in [0.1, 0.15) is 5.76 Å². The Kier molecular flexibility index (Phi) is 7.37. The van der Waals surface area contributed by atoms with Crippen LogP contribution in [0, 0.1) is 0 Å². The molecule has 0 aromatic carbocycles. The molecular weight excluding hydrogens is 250 g/mol. The Balaban J connectivity index is 5.69. The molecule has 0 aliphatic rings. The van der Waals surface area contributed by atoms with Gasteiger partial charge in [0.15, 0.2) is 0 Å². The maximum absolute atomic E-state index is 12.2. The van der Waals surface area contributed by atoms with E-state index < -0.39 is 0 Å². The smallest absolute Gasteiger partial charge is 0.250 e. The van der Waals surface area contributed by atoms with Crippen molar-refractivity contribution in [2.24, 2.45) is 0 Å². The number of ether oxygens (including phenoxy) is 1. The van der Waals surface area contributed by atoms with Crippen molar-refractivity contribution in [1.29, 1.82) is 0 Å². The second kappa shape index (κ2) is 8.20. The Morgan fingerprint density at radius 1 is 1.30 bits per heavy atom. The van der Waals surface area contributed by atoms with Crippen LogP contribution in [0.4, 0.5) is 0 Å². The van der Waals surface area contributed by atoms with Gasteiger partial charge in [0.05, 0.1) is 7.11 Å². The molecule has 0 unspecified atom stereocenters. The van der Waals surface area contributed by atoms with Crippen LogP contribution in [-0.2, 0) is 9.53 Å². The number of carbonyl (C=O) groups is 1. The van der Waals surface area contributed by atoms with Crippen molar-refractivity contribution < 1.29 is 9.53 Å². The summed E-state index contributed by atoms with van der Waals surface area (Å²) in [6, 6.07) is 0. The minimum Gasteiger partial charge on any atom is -0.497 e. The lowest BCUT2D eigenvalue weighted by Gasteiger charge is -2.38. The highest BCUT2D eigenvalue weighted by Gasteiger charge is 2.29. The average Bonchev–Trinajstić information content (AvgIpc) is 2.43. The number of allylic oxidation sites excluding steroid dienone is 4. The number of nitrogens with zero attached hydrogens (tertiary/aromatic N) is 1. The molecule has 20 heavy (non-hydrogen) atoms. The molecule has 110 valence electrons. The molecule has 0 bridgehead atoms. The van der Waals surface area contributed by atoms with E-state index in [9.17, 15) is 4.79 Å². The third kappa shape index (κ3) is 4.92. The van der Waals surface area contributed by atoms with E-state index in [2.05, 4.69) is 19.7 Å². The standard InChI is InChI=1S/C17H25NO2/c1-8-11-15(13-12-14(4)20-7)18(16(19)9-2)17(5,6)10-3/h8-9,11-13H,1-2,4,10H2,3,5-7H3/b13-12-,15-11+. The summed E-state index contributed by atoms with van der Waals surface area (Å²) in [6.45, 7) is 17.0. The molecule has 0 atom stereocenters. The zero-order valence-electron chi connectivity index (χ0n) is 13.0. The zero-order chi connectivity index (χ0) is 15.8. The highest BCUT2D eigenvalue weighted by Crippen LogP contribution is 2.25. The number of amides is 1. The van der Waals surface area contributed by atoms with Crippen molar-refractivity contribution in [3.63, 3.8) is 0 Å². The number of methoxy groups -OCH3 is 1. The van der Waals surface area contributed by atoms with Crippen LogP contribution in [0.25, 0.3) is 0 Å². The van der Waals surface area contributed by atoms with Gasteiger partial charge in [-0.1, -0.05) is 32.7 Å². The van der Waals surface area contributed by atoms with Gasteiger partial charge in [-0.05, 0) is 44.6 Å². The summed E-state index contributed by atoms with van der Waals surface area (Å²) in [7, 11) is 1.55. The summed E-state index contributed by atoms with van der Waals surface area (Å²) in [5, 5.41) is 0. The van der Waals surface area contributed by atoms with E-state index in [4.69, 9.17) is 4.74 Å². The van der Waals surface area contributed by atoms with Gasteiger partial charge in [-0.3, -0.25) is 4.79 Å². The van der Waals surface area contributed by atoms with E-state index >= 15 is 0 Å². The molecule has 0 spiro atoms. The van der Waals surface area contributed by atoms with Gasteiger partial charge in [-0.25, -0.2) is 0 Å². The van der Waals surface area contributed by atoms with E-state index in [0.717, 1.165) is 12.1 Å². The quantitative estimate of drug-likeness (QED) is 0.381. The molecule has 0 radical (unpaired) electrons. The molecule has 0 aliphatic heterocycles. The molecule has 0 heterocycles. The lowest BCUT2D eigenvalue weighted by atomic mass is 9.97. The van der Waals surface area contributed by atoms with Crippen LogP contribution in [0.1, 0.15) is 27.2 Å². The maximum atomic E-state index is 12.2. The molecule has 0 fully saturated rings. The summed E-state index contributed by atoms with van der Waals surface area (Å²) >= 11 is 0. The highest BCUT2D eigenvalue weighted by molar-refractivity contribution is 5.89. The molecular formula is C17H25NO2. The molecule has 3 heteroatoms. The SMILES string of the molecule is C=C/C=C(\C=C/C(=C)OC)N(C(=O)C=C)C(C)(C)CC. The molecule has 3 nitrogen and oxygen atoms in total. The first kappa shape index (κ1) is 18.0. The zero-order valence-corrected chi connectivity index (χ0v) is 13.0. The van der Waals surface area contributed by atoms with Crippen LogP contribution in [0.3, 0.4) is 0 Å². The lowest BCUT2D eigenvalue weighted by Crippen LogP contribution is -2.45. The molecule has 0 rings (SSSR count). The molecule has 0 saturated carbocycles. The first-order valence-electron chi connectivity index (χ1n) is 6.54.